The molecule has 1 fully saturated rings. The van der Waals surface area contributed by atoms with Crippen LogP contribution in [0.25, 0.3) is 16.8 Å². The zero-order valence-electron chi connectivity index (χ0n) is 17.0. The Bertz CT molecular complexity index is 1150. The van der Waals surface area contributed by atoms with E-state index in [0.717, 1.165) is 47.1 Å². The zero-order valence-corrected chi connectivity index (χ0v) is 17.8. The topological polar surface area (TPSA) is 46.3 Å². The van der Waals surface area contributed by atoms with Crippen LogP contribution in [0.5, 0.6) is 0 Å². The van der Waals surface area contributed by atoms with Gasteiger partial charge in [0.15, 0.2) is 5.65 Å². The van der Waals surface area contributed by atoms with E-state index in [2.05, 4.69) is 44.5 Å². The first-order valence-electron chi connectivity index (χ1n) is 10.4. The van der Waals surface area contributed by atoms with Gasteiger partial charge in [-0.15, -0.1) is 0 Å². The van der Waals surface area contributed by atoms with Gasteiger partial charge in [-0.1, -0.05) is 23.7 Å². The molecule has 0 amide bonds. The average Bonchev–Trinajstić information content (AvgIpc) is 3.12. The minimum absolute atomic E-state index is 0.432. The Kier molecular flexibility index (Phi) is 5.23. The summed E-state index contributed by atoms with van der Waals surface area (Å²) in [5.41, 5.74) is 6.66. The number of piperidine rings is 1. The molecule has 1 saturated heterocycles. The van der Waals surface area contributed by atoms with Gasteiger partial charge in [0.2, 0.25) is 0 Å². The Balaban J connectivity index is 1.45. The Morgan fingerprint density at radius 2 is 1.83 bits per heavy atom. The number of benzene rings is 1. The first-order valence-corrected chi connectivity index (χ1v) is 10.8. The summed E-state index contributed by atoms with van der Waals surface area (Å²) in [6, 6.07) is 14.4. The standard InChI is InChI=1S/C24H24ClN5/c1-17-23(19-8-11-26-12-9-19)24-27-13-10-22(30(24)28-17)20-3-2-14-29(16-20)15-18-4-6-21(25)7-5-18/h4-13,20H,2-3,14-16H2,1H3. The molecule has 1 aliphatic heterocycles. The second kappa shape index (κ2) is 8.17. The summed E-state index contributed by atoms with van der Waals surface area (Å²) < 4.78 is 2.06. The average molecular weight is 418 g/mol. The molecule has 0 bridgehead atoms. The zero-order chi connectivity index (χ0) is 20.5. The van der Waals surface area contributed by atoms with E-state index in [1.54, 1.807) is 0 Å². The molecule has 1 unspecified atom stereocenters. The highest BCUT2D eigenvalue weighted by atomic mass is 35.5. The Morgan fingerprint density at radius 1 is 1.03 bits per heavy atom. The monoisotopic (exact) mass is 417 g/mol. The largest absolute Gasteiger partial charge is 0.298 e. The third-order valence-electron chi connectivity index (χ3n) is 5.93. The van der Waals surface area contributed by atoms with E-state index in [4.69, 9.17) is 16.7 Å². The molecule has 0 N–H and O–H groups in total. The molecule has 6 heteroatoms. The van der Waals surface area contributed by atoms with Gasteiger partial charge in [-0.25, -0.2) is 9.50 Å². The second-order valence-electron chi connectivity index (χ2n) is 8.00. The molecule has 30 heavy (non-hydrogen) atoms. The first-order chi connectivity index (χ1) is 14.7. The predicted octanol–water partition coefficient (Wildman–Crippen LogP) is 5.13. The van der Waals surface area contributed by atoms with Crippen molar-refractivity contribution < 1.29 is 0 Å². The van der Waals surface area contributed by atoms with E-state index < -0.39 is 0 Å². The summed E-state index contributed by atoms with van der Waals surface area (Å²) in [4.78, 5) is 11.4. The number of aryl methyl sites for hydroxylation is 1. The SMILES string of the molecule is Cc1nn2c(C3CCCN(Cc4ccc(Cl)cc4)C3)ccnc2c1-c1ccncc1. The summed E-state index contributed by atoms with van der Waals surface area (Å²) >= 11 is 6.04. The van der Waals surface area contributed by atoms with Crippen molar-refractivity contribution in [1.29, 1.82) is 0 Å². The molecule has 1 atom stereocenters. The van der Waals surface area contributed by atoms with Crippen LogP contribution in [-0.2, 0) is 6.54 Å². The fraction of sp³-hybridized carbons (Fsp3) is 0.292. The molecule has 0 spiro atoms. The number of pyridine rings is 1. The molecule has 1 aromatic carbocycles. The van der Waals surface area contributed by atoms with Gasteiger partial charge in [-0.2, -0.15) is 5.10 Å². The Hall–Kier alpha value is -2.76. The van der Waals surface area contributed by atoms with Crippen molar-refractivity contribution >= 4 is 17.2 Å². The van der Waals surface area contributed by atoms with Crippen molar-refractivity contribution in [2.75, 3.05) is 13.1 Å². The number of fused-ring (bicyclic) bond motifs is 1. The number of hydrogen-bond donors (Lipinski definition) is 0. The summed E-state index contributed by atoms with van der Waals surface area (Å²) in [5.74, 6) is 0.432. The minimum Gasteiger partial charge on any atom is -0.298 e. The minimum atomic E-state index is 0.432. The van der Waals surface area contributed by atoms with Gasteiger partial charge in [-0.05, 0) is 67.8 Å². The second-order valence-corrected chi connectivity index (χ2v) is 8.44. The molecular weight excluding hydrogens is 394 g/mol. The fourth-order valence-electron chi connectivity index (χ4n) is 4.52. The van der Waals surface area contributed by atoms with Crippen LogP contribution in [0.4, 0.5) is 0 Å². The van der Waals surface area contributed by atoms with Gasteiger partial charge < -0.3 is 0 Å². The maximum Gasteiger partial charge on any atom is 0.163 e. The summed E-state index contributed by atoms with van der Waals surface area (Å²) in [7, 11) is 0. The van der Waals surface area contributed by atoms with Crippen molar-refractivity contribution in [3.63, 3.8) is 0 Å². The molecule has 0 radical (unpaired) electrons. The van der Waals surface area contributed by atoms with Crippen molar-refractivity contribution in [3.8, 4) is 11.1 Å². The molecule has 5 rings (SSSR count). The lowest BCUT2D eigenvalue weighted by Gasteiger charge is -2.33. The normalized spacial score (nSPS) is 17.5. The van der Waals surface area contributed by atoms with E-state index in [-0.39, 0.29) is 0 Å². The van der Waals surface area contributed by atoms with Crippen LogP contribution < -0.4 is 0 Å². The van der Waals surface area contributed by atoms with Gasteiger partial charge in [0.25, 0.3) is 0 Å². The highest BCUT2D eigenvalue weighted by Gasteiger charge is 2.25. The summed E-state index contributed by atoms with van der Waals surface area (Å²) in [5, 5.41) is 5.67. The maximum atomic E-state index is 6.04. The van der Waals surface area contributed by atoms with Crippen molar-refractivity contribution in [2.24, 2.45) is 0 Å². The lowest BCUT2D eigenvalue weighted by molar-refractivity contribution is 0.197. The van der Waals surface area contributed by atoms with Crippen LogP contribution in [0.2, 0.25) is 5.02 Å². The molecule has 152 valence electrons. The lowest BCUT2D eigenvalue weighted by atomic mass is 9.94. The number of nitrogens with zero attached hydrogens (tertiary/aromatic N) is 5. The lowest BCUT2D eigenvalue weighted by Crippen LogP contribution is -2.34. The molecule has 3 aromatic heterocycles. The predicted molar refractivity (Wildman–Crippen MR) is 120 cm³/mol. The van der Waals surface area contributed by atoms with Gasteiger partial charge in [0.1, 0.15) is 0 Å². The van der Waals surface area contributed by atoms with Crippen molar-refractivity contribution in [3.05, 3.63) is 83.0 Å². The van der Waals surface area contributed by atoms with Crippen LogP contribution in [0.1, 0.15) is 35.7 Å². The van der Waals surface area contributed by atoms with Gasteiger partial charge in [-0.3, -0.25) is 9.88 Å². The van der Waals surface area contributed by atoms with Gasteiger partial charge in [0.05, 0.1) is 11.4 Å². The number of halogens is 1. The maximum absolute atomic E-state index is 6.04. The van der Waals surface area contributed by atoms with E-state index >= 15 is 0 Å². The summed E-state index contributed by atoms with van der Waals surface area (Å²) in [6.45, 7) is 5.14. The van der Waals surface area contributed by atoms with E-state index in [1.165, 1.54) is 24.1 Å². The molecule has 0 aliphatic carbocycles. The van der Waals surface area contributed by atoms with E-state index in [1.807, 2.05) is 42.9 Å². The van der Waals surface area contributed by atoms with Crippen LogP contribution in [-0.4, -0.2) is 37.6 Å². The van der Waals surface area contributed by atoms with E-state index in [0.29, 0.717) is 5.92 Å². The smallest absolute Gasteiger partial charge is 0.163 e. The number of aromatic nitrogens is 4. The van der Waals surface area contributed by atoms with Crippen LogP contribution >= 0.6 is 11.6 Å². The summed E-state index contributed by atoms with van der Waals surface area (Å²) in [6.07, 6.45) is 7.91. The highest BCUT2D eigenvalue weighted by molar-refractivity contribution is 6.30. The van der Waals surface area contributed by atoms with Gasteiger partial charge >= 0.3 is 0 Å². The molecule has 5 nitrogen and oxygen atoms in total. The third kappa shape index (κ3) is 3.71. The number of hydrogen-bond acceptors (Lipinski definition) is 4. The molecule has 0 saturated carbocycles. The quantitative estimate of drug-likeness (QED) is 0.461. The Morgan fingerprint density at radius 3 is 2.63 bits per heavy atom. The van der Waals surface area contributed by atoms with Crippen LogP contribution in [0, 0.1) is 6.92 Å². The molecule has 4 aromatic rings. The highest BCUT2D eigenvalue weighted by Crippen LogP contribution is 2.32. The molecule has 4 heterocycles. The van der Waals surface area contributed by atoms with E-state index in [9.17, 15) is 0 Å². The molecular formula is C24H24ClN5. The van der Waals surface area contributed by atoms with Crippen molar-refractivity contribution in [2.45, 2.75) is 32.2 Å². The fourth-order valence-corrected chi connectivity index (χ4v) is 4.65. The van der Waals surface area contributed by atoms with Crippen molar-refractivity contribution in [1.82, 2.24) is 24.5 Å². The van der Waals surface area contributed by atoms with Gasteiger partial charge in [0, 0.05) is 48.2 Å². The molecule has 1 aliphatic rings. The number of rotatable bonds is 4. The van der Waals surface area contributed by atoms with Crippen LogP contribution in [0.15, 0.2) is 61.1 Å². The number of likely N-dealkylation sites (tertiary alicyclic amines) is 1. The third-order valence-corrected chi connectivity index (χ3v) is 6.19. The first kappa shape index (κ1) is 19.2. The van der Waals surface area contributed by atoms with Crippen LogP contribution in [0.3, 0.4) is 0 Å². The Labute approximate surface area is 181 Å².